The van der Waals surface area contributed by atoms with Crippen molar-refractivity contribution in [3.8, 4) is 0 Å². The van der Waals surface area contributed by atoms with E-state index in [2.05, 4.69) is 25.8 Å². The van der Waals surface area contributed by atoms with E-state index in [0.29, 0.717) is 11.8 Å². The van der Waals surface area contributed by atoms with Crippen molar-refractivity contribution >= 4 is 38.5 Å². The monoisotopic (exact) mass is 378 g/mol. The molecule has 0 radical (unpaired) electrons. The van der Waals surface area contributed by atoms with Gasteiger partial charge < -0.3 is 14.4 Å². The van der Waals surface area contributed by atoms with E-state index in [1.54, 1.807) is 7.11 Å². The maximum Gasteiger partial charge on any atom is 0.356 e. The van der Waals surface area contributed by atoms with Gasteiger partial charge >= 0.3 is 5.97 Å². The predicted octanol–water partition coefficient (Wildman–Crippen LogP) is 3.40. The van der Waals surface area contributed by atoms with Gasteiger partial charge in [-0.2, -0.15) is 0 Å². The summed E-state index contributed by atoms with van der Waals surface area (Å²) in [5.74, 6) is -0.414. The molecule has 0 saturated carbocycles. The minimum atomic E-state index is -0.414. The van der Waals surface area contributed by atoms with E-state index in [-0.39, 0.29) is 0 Å². The van der Waals surface area contributed by atoms with Crippen molar-refractivity contribution in [2.24, 2.45) is 0 Å². The molecule has 0 aliphatic carbocycles. The highest BCUT2D eigenvalue weighted by Gasteiger charge is 2.22. The lowest BCUT2D eigenvalue weighted by Crippen LogP contribution is -2.36. The van der Waals surface area contributed by atoms with Gasteiger partial charge in [-0.25, -0.2) is 9.78 Å². The number of nitrogens with zero attached hydrogens (tertiary/aromatic N) is 2. The first-order valence-electron chi connectivity index (χ1n) is 7.58. The Morgan fingerprint density at radius 3 is 2.65 bits per heavy atom. The molecule has 0 N–H and O–H groups in total. The zero-order valence-electron chi connectivity index (χ0n) is 13.2. The molecule has 0 amide bonds. The second kappa shape index (κ2) is 6.84. The van der Waals surface area contributed by atoms with Gasteiger partial charge in [-0.05, 0) is 37.1 Å². The maximum absolute atomic E-state index is 11.9. The largest absolute Gasteiger partial charge is 0.464 e. The van der Waals surface area contributed by atoms with Crippen LogP contribution in [0.25, 0.3) is 10.9 Å². The molecule has 1 saturated heterocycles. The van der Waals surface area contributed by atoms with Gasteiger partial charge in [0, 0.05) is 35.7 Å². The number of hydrogen-bond donors (Lipinski definition) is 0. The van der Waals surface area contributed by atoms with Crippen LogP contribution in [0.1, 0.15) is 23.3 Å². The van der Waals surface area contributed by atoms with Gasteiger partial charge in [0.15, 0.2) is 5.69 Å². The highest BCUT2D eigenvalue weighted by atomic mass is 79.9. The van der Waals surface area contributed by atoms with Gasteiger partial charge in [-0.3, -0.25) is 0 Å². The van der Waals surface area contributed by atoms with E-state index < -0.39 is 5.97 Å². The first-order chi connectivity index (χ1) is 11.1. The lowest BCUT2D eigenvalue weighted by atomic mass is 10.0. The number of carbonyl (C=O) groups is 1. The molecular formula is C17H19BrN2O3. The molecule has 3 rings (SSSR count). The zero-order valence-corrected chi connectivity index (χ0v) is 14.8. The van der Waals surface area contributed by atoms with Crippen molar-refractivity contribution in [3.63, 3.8) is 0 Å². The first kappa shape index (κ1) is 16.2. The molecule has 1 aliphatic rings. The molecule has 5 nitrogen and oxygen atoms in total. The van der Waals surface area contributed by atoms with E-state index >= 15 is 0 Å². The van der Waals surface area contributed by atoms with Gasteiger partial charge in [0.25, 0.3) is 0 Å². The molecule has 2 aromatic rings. The second-order valence-electron chi connectivity index (χ2n) is 5.60. The van der Waals surface area contributed by atoms with E-state index in [1.807, 2.05) is 24.3 Å². The first-order valence-corrected chi connectivity index (χ1v) is 8.38. The van der Waals surface area contributed by atoms with Gasteiger partial charge in [-0.15, -0.1) is 0 Å². The number of pyridine rings is 1. The molecule has 1 fully saturated rings. The fourth-order valence-electron chi connectivity index (χ4n) is 2.98. The molecule has 0 spiro atoms. The normalized spacial score (nSPS) is 15.9. The molecule has 0 atom stereocenters. The van der Waals surface area contributed by atoms with Crippen LogP contribution >= 0.6 is 15.9 Å². The van der Waals surface area contributed by atoms with Crippen LogP contribution in [0.4, 0.5) is 5.69 Å². The Kier molecular flexibility index (Phi) is 4.82. The van der Waals surface area contributed by atoms with Crippen LogP contribution in [-0.4, -0.2) is 44.4 Å². The van der Waals surface area contributed by atoms with Gasteiger partial charge in [0.1, 0.15) is 0 Å². The molecule has 0 unspecified atom stereocenters. The molecule has 23 heavy (non-hydrogen) atoms. The minimum absolute atomic E-state index is 0.311. The Labute approximate surface area is 143 Å². The minimum Gasteiger partial charge on any atom is -0.464 e. The van der Waals surface area contributed by atoms with Gasteiger partial charge in [-0.1, -0.05) is 15.9 Å². The Hall–Kier alpha value is -1.66. The Balaban J connectivity index is 2.06. The zero-order chi connectivity index (χ0) is 16.4. The number of halogens is 1. The summed E-state index contributed by atoms with van der Waals surface area (Å²) >= 11 is 3.51. The van der Waals surface area contributed by atoms with Crippen LogP contribution in [0.3, 0.4) is 0 Å². The van der Waals surface area contributed by atoms with Crippen LogP contribution in [0.2, 0.25) is 0 Å². The number of fused-ring (bicyclic) bond motifs is 1. The predicted molar refractivity (Wildman–Crippen MR) is 93.0 cm³/mol. The van der Waals surface area contributed by atoms with Gasteiger partial charge in [0.05, 0.1) is 18.7 Å². The van der Waals surface area contributed by atoms with Crippen LogP contribution in [0, 0.1) is 0 Å². The number of methoxy groups -OCH3 is 2. The van der Waals surface area contributed by atoms with Crippen molar-refractivity contribution in [3.05, 3.63) is 34.4 Å². The Morgan fingerprint density at radius 1 is 1.26 bits per heavy atom. The van der Waals surface area contributed by atoms with Crippen molar-refractivity contribution in [2.45, 2.75) is 18.9 Å². The molecule has 1 aliphatic heterocycles. The quantitative estimate of drug-likeness (QED) is 0.766. The topological polar surface area (TPSA) is 51.7 Å². The third-order valence-corrected chi connectivity index (χ3v) is 4.75. The number of anilines is 1. The van der Waals surface area contributed by atoms with E-state index in [4.69, 9.17) is 9.47 Å². The standard InChI is InChI=1S/C17H19BrN2O3/c1-22-12-5-7-20(8-6-12)16-10-15(17(21)23-2)19-14-4-3-11(18)9-13(14)16/h3-4,9-10,12H,5-8H2,1-2H3. The smallest absolute Gasteiger partial charge is 0.356 e. The number of esters is 1. The van der Waals surface area contributed by atoms with E-state index in [9.17, 15) is 4.79 Å². The van der Waals surface area contributed by atoms with E-state index in [0.717, 1.165) is 47.0 Å². The Morgan fingerprint density at radius 2 is 2.00 bits per heavy atom. The second-order valence-corrected chi connectivity index (χ2v) is 6.52. The average molecular weight is 379 g/mol. The highest BCUT2D eigenvalue weighted by molar-refractivity contribution is 9.10. The lowest BCUT2D eigenvalue weighted by Gasteiger charge is -2.33. The third-order valence-electron chi connectivity index (χ3n) is 4.26. The van der Waals surface area contributed by atoms with Gasteiger partial charge in [0.2, 0.25) is 0 Å². The lowest BCUT2D eigenvalue weighted by molar-refractivity contribution is 0.0594. The molecule has 6 heteroatoms. The summed E-state index contributed by atoms with van der Waals surface area (Å²) in [5, 5.41) is 1.03. The number of piperidine rings is 1. The summed E-state index contributed by atoms with van der Waals surface area (Å²) in [4.78, 5) is 18.6. The van der Waals surface area contributed by atoms with Crippen LogP contribution in [0.15, 0.2) is 28.7 Å². The Bertz CT molecular complexity index is 727. The van der Waals surface area contributed by atoms with Crippen LogP contribution in [0.5, 0.6) is 0 Å². The number of ether oxygens (including phenoxy) is 2. The SMILES string of the molecule is COC(=O)c1cc(N2CCC(OC)CC2)c2cc(Br)ccc2n1. The van der Waals surface area contributed by atoms with Crippen LogP contribution in [-0.2, 0) is 9.47 Å². The number of carbonyl (C=O) groups excluding carboxylic acids is 1. The number of hydrogen-bond acceptors (Lipinski definition) is 5. The fourth-order valence-corrected chi connectivity index (χ4v) is 3.34. The summed E-state index contributed by atoms with van der Waals surface area (Å²) in [6.07, 6.45) is 2.26. The third kappa shape index (κ3) is 3.33. The molecule has 122 valence electrons. The van der Waals surface area contributed by atoms with E-state index in [1.165, 1.54) is 7.11 Å². The number of benzene rings is 1. The number of rotatable bonds is 3. The summed E-state index contributed by atoms with van der Waals surface area (Å²) in [5.41, 5.74) is 2.15. The van der Waals surface area contributed by atoms with Crippen molar-refractivity contribution in [1.29, 1.82) is 0 Å². The molecule has 2 heterocycles. The van der Waals surface area contributed by atoms with Crippen molar-refractivity contribution in [2.75, 3.05) is 32.2 Å². The van der Waals surface area contributed by atoms with Crippen molar-refractivity contribution < 1.29 is 14.3 Å². The summed E-state index contributed by atoms with van der Waals surface area (Å²) in [7, 11) is 3.13. The summed E-state index contributed by atoms with van der Waals surface area (Å²) in [6.45, 7) is 1.79. The highest BCUT2D eigenvalue weighted by Crippen LogP contribution is 2.31. The number of aromatic nitrogens is 1. The molecule has 1 aromatic carbocycles. The maximum atomic E-state index is 11.9. The van der Waals surface area contributed by atoms with Crippen LogP contribution < -0.4 is 4.90 Å². The molecule has 1 aromatic heterocycles. The van der Waals surface area contributed by atoms with Crippen molar-refractivity contribution in [1.82, 2.24) is 4.98 Å². The fraction of sp³-hybridized carbons (Fsp3) is 0.412. The summed E-state index contributed by atoms with van der Waals surface area (Å²) in [6, 6.07) is 7.71. The molecular weight excluding hydrogens is 360 g/mol. The summed E-state index contributed by atoms with van der Waals surface area (Å²) < 4.78 is 11.3. The average Bonchev–Trinajstić information content (AvgIpc) is 2.60. The molecule has 0 bridgehead atoms.